The highest BCUT2D eigenvalue weighted by Crippen LogP contribution is 2.24. The Morgan fingerprint density at radius 3 is 2.58 bits per heavy atom. The Hall–Kier alpha value is -1.98. The van der Waals surface area contributed by atoms with Gasteiger partial charge in [0, 0.05) is 49.7 Å². The molecule has 0 atom stereocenters. The molecule has 1 aliphatic heterocycles. The largest absolute Gasteiger partial charge is 0.369 e. The Morgan fingerprint density at radius 2 is 1.85 bits per heavy atom. The number of benzene rings is 2. The summed E-state index contributed by atoms with van der Waals surface area (Å²) in [7, 11) is 0. The van der Waals surface area contributed by atoms with Crippen molar-refractivity contribution in [2.24, 2.45) is 0 Å². The van der Waals surface area contributed by atoms with Gasteiger partial charge in [-0.3, -0.25) is 9.69 Å². The lowest BCUT2D eigenvalue weighted by Crippen LogP contribution is -2.47. The van der Waals surface area contributed by atoms with E-state index in [-0.39, 0.29) is 5.91 Å². The number of carbonyl (C=O) groups excluding carboxylic acids is 1. The summed E-state index contributed by atoms with van der Waals surface area (Å²) in [6, 6.07) is 16.6. The molecular formula is C21H27N3OS. The summed E-state index contributed by atoms with van der Waals surface area (Å²) in [6.45, 7) is 6.98. The van der Waals surface area contributed by atoms with Crippen molar-refractivity contribution in [3.63, 3.8) is 0 Å². The standard InChI is InChI=1S/C21H27N3OS/c1-17-6-5-7-18(16-17)24-14-12-23(13-15-24)11-10-21(25)22-19-8-3-4-9-20(19)26-2/h3-9,16H,10-15H2,1-2H3,(H,22,25). The maximum atomic E-state index is 12.3. The third kappa shape index (κ3) is 5.02. The van der Waals surface area contributed by atoms with Crippen molar-refractivity contribution in [1.29, 1.82) is 0 Å². The Labute approximate surface area is 160 Å². The molecule has 5 heteroatoms. The first kappa shape index (κ1) is 18.8. The number of para-hydroxylation sites is 1. The van der Waals surface area contributed by atoms with E-state index in [0.717, 1.165) is 43.3 Å². The van der Waals surface area contributed by atoms with Crippen LogP contribution in [0.25, 0.3) is 0 Å². The van der Waals surface area contributed by atoms with Crippen LogP contribution in [0.5, 0.6) is 0 Å². The number of nitrogens with one attached hydrogen (secondary N) is 1. The van der Waals surface area contributed by atoms with Crippen LogP contribution in [0, 0.1) is 6.92 Å². The van der Waals surface area contributed by atoms with Crippen LogP contribution in [0.2, 0.25) is 0 Å². The van der Waals surface area contributed by atoms with Crippen LogP contribution in [0.3, 0.4) is 0 Å². The molecule has 3 rings (SSSR count). The fourth-order valence-electron chi connectivity index (χ4n) is 3.27. The van der Waals surface area contributed by atoms with E-state index in [1.807, 2.05) is 30.5 Å². The number of thioether (sulfide) groups is 1. The Balaban J connectivity index is 1.44. The maximum Gasteiger partial charge on any atom is 0.225 e. The van der Waals surface area contributed by atoms with E-state index in [2.05, 4.69) is 46.3 Å². The van der Waals surface area contributed by atoms with Gasteiger partial charge in [-0.1, -0.05) is 24.3 Å². The van der Waals surface area contributed by atoms with Crippen molar-refractivity contribution >= 4 is 29.0 Å². The van der Waals surface area contributed by atoms with Crippen LogP contribution < -0.4 is 10.2 Å². The van der Waals surface area contributed by atoms with Crippen molar-refractivity contribution in [1.82, 2.24) is 4.90 Å². The fourth-order valence-corrected chi connectivity index (χ4v) is 3.83. The molecule has 0 saturated carbocycles. The first-order valence-corrected chi connectivity index (χ1v) is 10.3. The van der Waals surface area contributed by atoms with E-state index in [0.29, 0.717) is 6.42 Å². The molecule has 1 saturated heterocycles. The maximum absolute atomic E-state index is 12.3. The van der Waals surface area contributed by atoms with Crippen molar-refractivity contribution in [2.75, 3.05) is 49.2 Å². The molecule has 2 aromatic rings. The van der Waals surface area contributed by atoms with Gasteiger partial charge in [-0.25, -0.2) is 0 Å². The van der Waals surface area contributed by atoms with Crippen LogP contribution in [-0.4, -0.2) is 49.8 Å². The molecule has 138 valence electrons. The highest BCUT2D eigenvalue weighted by atomic mass is 32.2. The molecule has 1 aliphatic rings. The number of hydrogen-bond donors (Lipinski definition) is 1. The number of rotatable bonds is 6. The van der Waals surface area contributed by atoms with Gasteiger partial charge in [-0.2, -0.15) is 0 Å². The molecule has 1 amide bonds. The molecule has 1 fully saturated rings. The summed E-state index contributed by atoms with van der Waals surface area (Å²) in [5, 5.41) is 3.05. The van der Waals surface area contributed by atoms with Crippen molar-refractivity contribution in [3.05, 3.63) is 54.1 Å². The number of amides is 1. The number of anilines is 2. The van der Waals surface area contributed by atoms with Gasteiger partial charge in [-0.05, 0) is 43.0 Å². The van der Waals surface area contributed by atoms with E-state index in [1.165, 1.54) is 11.3 Å². The zero-order valence-electron chi connectivity index (χ0n) is 15.6. The van der Waals surface area contributed by atoms with Gasteiger partial charge in [-0.15, -0.1) is 11.8 Å². The average Bonchev–Trinajstić information content (AvgIpc) is 2.67. The van der Waals surface area contributed by atoms with Gasteiger partial charge in [0.15, 0.2) is 0 Å². The quantitative estimate of drug-likeness (QED) is 0.784. The summed E-state index contributed by atoms with van der Waals surface area (Å²) >= 11 is 1.65. The third-order valence-corrected chi connectivity index (χ3v) is 5.57. The lowest BCUT2D eigenvalue weighted by molar-refractivity contribution is -0.116. The second kappa shape index (κ2) is 9.10. The molecule has 0 unspecified atom stereocenters. The van der Waals surface area contributed by atoms with Crippen LogP contribution in [0.4, 0.5) is 11.4 Å². The fraction of sp³-hybridized carbons (Fsp3) is 0.381. The molecular weight excluding hydrogens is 342 g/mol. The molecule has 0 spiro atoms. The Kier molecular flexibility index (Phi) is 6.58. The third-order valence-electron chi connectivity index (χ3n) is 4.78. The molecule has 0 bridgehead atoms. The first-order valence-electron chi connectivity index (χ1n) is 9.12. The van der Waals surface area contributed by atoms with Gasteiger partial charge < -0.3 is 10.2 Å². The van der Waals surface area contributed by atoms with Crippen LogP contribution in [0.15, 0.2) is 53.4 Å². The lowest BCUT2D eigenvalue weighted by atomic mass is 10.2. The molecule has 0 radical (unpaired) electrons. The number of hydrogen-bond acceptors (Lipinski definition) is 4. The number of aryl methyl sites for hydroxylation is 1. The van der Waals surface area contributed by atoms with Gasteiger partial charge in [0.1, 0.15) is 0 Å². The van der Waals surface area contributed by atoms with Crippen molar-refractivity contribution < 1.29 is 4.79 Å². The van der Waals surface area contributed by atoms with Gasteiger partial charge in [0.05, 0.1) is 5.69 Å². The molecule has 26 heavy (non-hydrogen) atoms. The second-order valence-electron chi connectivity index (χ2n) is 6.67. The van der Waals surface area contributed by atoms with Crippen molar-refractivity contribution in [3.8, 4) is 0 Å². The molecule has 2 aromatic carbocycles. The average molecular weight is 370 g/mol. The summed E-state index contributed by atoms with van der Waals surface area (Å²) in [4.78, 5) is 18.2. The zero-order chi connectivity index (χ0) is 18.4. The molecule has 0 aliphatic carbocycles. The van der Waals surface area contributed by atoms with Gasteiger partial charge in [0.25, 0.3) is 0 Å². The smallest absolute Gasteiger partial charge is 0.225 e. The minimum atomic E-state index is 0.0904. The van der Waals surface area contributed by atoms with Crippen molar-refractivity contribution in [2.45, 2.75) is 18.2 Å². The Morgan fingerprint density at radius 1 is 1.08 bits per heavy atom. The summed E-state index contributed by atoms with van der Waals surface area (Å²) in [5.74, 6) is 0.0904. The zero-order valence-corrected chi connectivity index (χ0v) is 16.4. The second-order valence-corrected chi connectivity index (χ2v) is 7.51. The lowest BCUT2D eigenvalue weighted by Gasteiger charge is -2.36. The topological polar surface area (TPSA) is 35.6 Å². The summed E-state index contributed by atoms with van der Waals surface area (Å²) < 4.78 is 0. The van der Waals surface area contributed by atoms with E-state index in [4.69, 9.17) is 0 Å². The van der Waals surface area contributed by atoms with Crippen LogP contribution in [0.1, 0.15) is 12.0 Å². The first-order chi connectivity index (χ1) is 12.7. The highest BCUT2D eigenvalue weighted by molar-refractivity contribution is 7.98. The summed E-state index contributed by atoms with van der Waals surface area (Å²) in [6.07, 6.45) is 2.56. The molecule has 1 heterocycles. The molecule has 0 aromatic heterocycles. The van der Waals surface area contributed by atoms with Gasteiger partial charge >= 0.3 is 0 Å². The number of carbonyl (C=O) groups is 1. The predicted molar refractivity (Wildman–Crippen MR) is 111 cm³/mol. The van der Waals surface area contributed by atoms with Crippen LogP contribution >= 0.6 is 11.8 Å². The number of piperazine rings is 1. The SMILES string of the molecule is CSc1ccccc1NC(=O)CCN1CCN(c2cccc(C)c2)CC1. The minimum absolute atomic E-state index is 0.0904. The highest BCUT2D eigenvalue weighted by Gasteiger charge is 2.18. The van der Waals surface area contributed by atoms with E-state index >= 15 is 0 Å². The summed E-state index contributed by atoms with van der Waals surface area (Å²) in [5.41, 5.74) is 3.51. The molecule has 4 nitrogen and oxygen atoms in total. The van der Waals surface area contributed by atoms with E-state index < -0.39 is 0 Å². The number of nitrogens with zero attached hydrogens (tertiary/aromatic N) is 2. The minimum Gasteiger partial charge on any atom is -0.369 e. The predicted octanol–water partition coefficient (Wildman–Crippen LogP) is 3.87. The normalized spacial score (nSPS) is 15.1. The van der Waals surface area contributed by atoms with Crippen LogP contribution in [-0.2, 0) is 4.79 Å². The Bertz CT molecular complexity index is 742. The van der Waals surface area contributed by atoms with E-state index in [1.54, 1.807) is 11.8 Å². The van der Waals surface area contributed by atoms with E-state index in [9.17, 15) is 4.79 Å². The molecule has 1 N–H and O–H groups in total. The van der Waals surface area contributed by atoms with Gasteiger partial charge in [0.2, 0.25) is 5.91 Å². The monoisotopic (exact) mass is 369 g/mol.